The molecule has 0 atom stereocenters. The van der Waals surface area contributed by atoms with Crippen molar-refractivity contribution in [2.24, 2.45) is 5.73 Å². The predicted octanol–water partition coefficient (Wildman–Crippen LogP) is 1.37. The third-order valence-electron chi connectivity index (χ3n) is 1.16. The molecule has 0 bridgehead atoms. The van der Waals surface area contributed by atoms with Crippen LogP contribution in [0.15, 0.2) is 11.4 Å². The van der Waals surface area contributed by atoms with Crippen LogP contribution in [0.25, 0.3) is 0 Å². The molecule has 0 aliphatic heterocycles. The Balaban J connectivity index is 4.88. The topological polar surface area (TPSA) is 61.9 Å². The van der Waals surface area contributed by atoms with Gasteiger partial charge < -0.3 is 16.5 Å². The number of nitrogens with one attached hydrogen (secondary N) is 2. The van der Waals surface area contributed by atoms with Crippen molar-refractivity contribution >= 4 is 6.21 Å². The van der Waals surface area contributed by atoms with E-state index in [0.29, 0.717) is 6.21 Å². The van der Waals surface area contributed by atoms with Gasteiger partial charge in [0.1, 0.15) is 5.70 Å². The zero-order valence-corrected chi connectivity index (χ0v) is 7.37. The average molecular weight is 195 g/mol. The van der Waals surface area contributed by atoms with Gasteiger partial charge in [-0.3, -0.25) is 0 Å². The zero-order valence-electron chi connectivity index (χ0n) is 7.37. The maximum Gasteiger partial charge on any atom is 0.433 e. The van der Waals surface area contributed by atoms with Gasteiger partial charge in [0.05, 0.1) is 5.70 Å². The van der Waals surface area contributed by atoms with E-state index in [1.807, 2.05) is 0 Å². The first kappa shape index (κ1) is 11.8. The lowest BCUT2D eigenvalue weighted by Crippen LogP contribution is -2.34. The number of rotatable bonds is 3. The minimum Gasteiger partial charge on any atom is -0.396 e. The van der Waals surface area contributed by atoms with Gasteiger partial charge in [-0.2, -0.15) is 13.2 Å². The second kappa shape index (κ2) is 4.15. The monoisotopic (exact) mass is 195 g/mol. The predicted molar refractivity (Wildman–Crippen MR) is 44.3 cm³/mol. The molecule has 0 fully saturated rings. The molecular formula is C7H12F3N3. The highest BCUT2D eigenvalue weighted by atomic mass is 19.4. The highest BCUT2D eigenvalue weighted by Crippen LogP contribution is 2.24. The summed E-state index contributed by atoms with van der Waals surface area (Å²) in [5.74, 6) is 0. The van der Waals surface area contributed by atoms with Gasteiger partial charge in [-0.1, -0.05) is 0 Å². The van der Waals surface area contributed by atoms with E-state index in [9.17, 15) is 13.2 Å². The van der Waals surface area contributed by atoms with Crippen molar-refractivity contribution < 1.29 is 13.2 Å². The molecule has 0 saturated heterocycles. The minimum absolute atomic E-state index is 0.380. The number of alkyl halides is 3. The molecule has 0 rings (SSSR count). The lowest BCUT2D eigenvalue weighted by atomic mass is 10.3. The number of nitrogens with two attached hydrogens (primary N) is 1. The quantitative estimate of drug-likeness (QED) is 0.595. The second-order valence-corrected chi connectivity index (χ2v) is 2.77. The van der Waals surface area contributed by atoms with E-state index in [-0.39, 0.29) is 6.04 Å². The summed E-state index contributed by atoms with van der Waals surface area (Å²) in [4.78, 5) is 0. The van der Waals surface area contributed by atoms with E-state index in [1.54, 1.807) is 13.8 Å². The lowest BCUT2D eigenvalue weighted by molar-refractivity contribution is -0.0980. The van der Waals surface area contributed by atoms with Crippen molar-refractivity contribution in [1.29, 1.82) is 5.41 Å². The second-order valence-electron chi connectivity index (χ2n) is 2.77. The molecule has 0 saturated carbocycles. The van der Waals surface area contributed by atoms with E-state index in [2.05, 4.69) is 5.32 Å². The van der Waals surface area contributed by atoms with Crippen LogP contribution in [0.5, 0.6) is 0 Å². The van der Waals surface area contributed by atoms with Crippen LogP contribution >= 0.6 is 0 Å². The molecule has 0 spiro atoms. The Morgan fingerprint density at radius 3 is 2.15 bits per heavy atom. The first-order valence-electron chi connectivity index (χ1n) is 3.63. The van der Waals surface area contributed by atoms with Crippen LogP contribution in [-0.2, 0) is 0 Å². The molecule has 0 aromatic carbocycles. The Morgan fingerprint density at radius 1 is 1.46 bits per heavy atom. The van der Waals surface area contributed by atoms with Gasteiger partial charge in [0.25, 0.3) is 0 Å². The Bertz CT molecular complexity index is 218. The number of hydrogen-bond acceptors (Lipinski definition) is 3. The normalized spacial score (nSPS) is 14.0. The molecule has 0 heterocycles. The lowest BCUT2D eigenvalue weighted by Gasteiger charge is -2.17. The van der Waals surface area contributed by atoms with Crippen LogP contribution in [0.1, 0.15) is 13.8 Å². The largest absolute Gasteiger partial charge is 0.433 e. The van der Waals surface area contributed by atoms with Crippen molar-refractivity contribution in [3.05, 3.63) is 11.4 Å². The van der Waals surface area contributed by atoms with E-state index in [4.69, 9.17) is 11.1 Å². The van der Waals surface area contributed by atoms with Gasteiger partial charge in [0.2, 0.25) is 0 Å². The SMILES string of the molecule is CC(C)N/C(=C(/N)C=N)C(F)(F)F. The van der Waals surface area contributed by atoms with Crippen LogP contribution in [-0.4, -0.2) is 18.4 Å². The molecule has 0 aliphatic rings. The van der Waals surface area contributed by atoms with E-state index in [1.165, 1.54) is 0 Å². The van der Waals surface area contributed by atoms with Crippen LogP contribution in [0.3, 0.4) is 0 Å². The van der Waals surface area contributed by atoms with Crippen molar-refractivity contribution in [1.82, 2.24) is 5.32 Å². The fraction of sp³-hybridized carbons (Fsp3) is 0.571. The molecule has 0 unspecified atom stereocenters. The Labute approximate surface area is 74.3 Å². The van der Waals surface area contributed by atoms with Crippen molar-refractivity contribution in [3.63, 3.8) is 0 Å². The molecule has 0 amide bonds. The number of allylic oxidation sites excluding steroid dienone is 2. The van der Waals surface area contributed by atoms with Crippen LogP contribution in [0.2, 0.25) is 0 Å². The number of hydrogen-bond donors (Lipinski definition) is 3. The summed E-state index contributed by atoms with van der Waals surface area (Å²) >= 11 is 0. The van der Waals surface area contributed by atoms with Crippen LogP contribution in [0.4, 0.5) is 13.2 Å². The van der Waals surface area contributed by atoms with Gasteiger partial charge in [-0.25, -0.2) is 0 Å². The van der Waals surface area contributed by atoms with Crippen molar-refractivity contribution in [3.8, 4) is 0 Å². The fourth-order valence-corrected chi connectivity index (χ4v) is 0.690. The van der Waals surface area contributed by atoms with Crippen molar-refractivity contribution in [2.75, 3.05) is 0 Å². The van der Waals surface area contributed by atoms with Gasteiger partial charge >= 0.3 is 6.18 Å². The maximum atomic E-state index is 12.2. The fourth-order valence-electron chi connectivity index (χ4n) is 0.690. The first-order chi connectivity index (χ1) is 5.79. The highest BCUT2D eigenvalue weighted by molar-refractivity contribution is 5.75. The van der Waals surface area contributed by atoms with E-state index in [0.717, 1.165) is 0 Å². The van der Waals surface area contributed by atoms with Gasteiger partial charge in [0.15, 0.2) is 0 Å². The molecule has 13 heavy (non-hydrogen) atoms. The molecule has 0 aromatic heterocycles. The summed E-state index contributed by atoms with van der Waals surface area (Å²) in [7, 11) is 0. The highest BCUT2D eigenvalue weighted by Gasteiger charge is 2.36. The third-order valence-corrected chi connectivity index (χ3v) is 1.16. The summed E-state index contributed by atoms with van der Waals surface area (Å²) < 4.78 is 36.6. The summed E-state index contributed by atoms with van der Waals surface area (Å²) in [5.41, 5.74) is 3.34. The first-order valence-corrected chi connectivity index (χ1v) is 3.63. The van der Waals surface area contributed by atoms with Gasteiger partial charge in [-0.15, -0.1) is 0 Å². The molecule has 76 valence electrons. The van der Waals surface area contributed by atoms with Crippen LogP contribution < -0.4 is 11.1 Å². The summed E-state index contributed by atoms with van der Waals surface area (Å²) in [6.45, 7) is 3.12. The molecule has 3 nitrogen and oxygen atoms in total. The number of halogens is 3. The molecule has 0 radical (unpaired) electrons. The average Bonchev–Trinajstić information content (AvgIpc) is 1.96. The Kier molecular flexibility index (Phi) is 3.77. The maximum absolute atomic E-state index is 12.2. The zero-order chi connectivity index (χ0) is 10.6. The van der Waals surface area contributed by atoms with E-state index >= 15 is 0 Å². The Hall–Kier alpha value is -1.20. The third kappa shape index (κ3) is 3.82. The summed E-state index contributed by atoms with van der Waals surface area (Å²) in [6.07, 6.45) is -4.07. The standard InChI is InChI=1S/C7H12F3N3/c1-4(2)13-6(5(12)3-11)7(8,9)10/h3-4,11,13H,12H2,1-2H3/b6-5+,11-3?. The molecule has 0 aromatic rings. The van der Waals surface area contributed by atoms with Crippen LogP contribution in [0, 0.1) is 5.41 Å². The van der Waals surface area contributed by atoms with Gasteiger partial charge in [0, 0.05) is 12.3 Å². The molecule has 4 N–H and O–H groups in total. The molecule has 0 aliphatic carbocycles. The molecule has 6 heteroatoms. The Morgan fingerprint density at radius 2 is 1.92 bits per heavy atom. The smallest absolute Gasteiger partial charge is 0.396 e. The summed E-state index contributed by atoms with van der Waals surface area (Å²) in [6, 6.07) is -0.380. The minimum atomic E-state index is -4.54. The molecular weight excluding hydrogens is 183 g/mol. The van der Waals surface area contributed by atoms with E-state index < -0.39 is 17.6 Å². The van der Waals surface area contributed by atoms with Gasteiger partial charge in [-0.05, 0) is 13.8 Å². The summed E-state index contributed by atoms with van der Waals surface area (Å²) in [5, 5.41) is 8.76. The van der Waals surface area contributed by atoms with Crippen molar-refractivity contribution in [2.45, 2.75) is 26.1 Å².